The van der Waals surface area contributed by atoms with Gasteiger partial charge in [-0.2, -0.15) is 4.39 Å². The Morgan fingerprint density at radius 1 is 1.15 bits per heavy atom. The Morgan fingerprint density at radius 2 is 1.95 bits per heavy atom. The van der Waals surface area contributed by atoms with Crippen LogP contribution < -0.4 is 0 Å². The highest BCUT2D eigenvalue weighted by molar-refractivity contribution is 5.20. The van der Waals surface area contributed by atoms with E-state index in [4.69, 9.17) is 0 Å². The summed E-state index contributed by atoms with van der Waals surface area (Å²) in [6, 6.07) is 14.6. The Balaban J connectivity index is 1.85. The number of halogens is 1. The van der Waals surface area contributed by atoms with Gasteiger partial charge in [-0.05, 0) is 44.0 Å². The standard InChI is InChI=1S/C17H21FN2/c1-13(14-7-3-2-4-8-14)20-12-6-5-9-16(20)15-10-11-17(18)19-15/h2-4,7-8,10-11,13,16,19H,5-6,9,12H2,1H3. The third-order valence-corrected chi connectivity index (χ3v) is 4.36. The number of nitrogens with zero attached hydrogens (tertiary/aromatic N) is 1. The summed E-state index contributed by atoms with van der Waals surface area (Å²) in [4.78, 5) is 5.36. The molecule has 1 aromatic carbocycles. The maximum absolute atomic E-state index is 13.3. The summed E-state index contributed by atoms with van der Waals surface area (Å²) < 4.78 is 13.3. The second-order valence-electron chi connectivity index (χ2n) is 5.60. The Kier molecular flexibility index (Phi) is 3.88. The predicted octanol–water partition coefficient (Wildman–Crippen LogP) is 4.44. The number of H-pyrrole nitrogens is 1. The fourth-order valence-corrected chi connectivity index (χ4v) is 3.25. The van der Waals surface area contributed by atoms with E-state index < -0.39 is 0 Å². The van der Waals surface area contributed by atoms with Crippen molar-refractivity contribution in [1.82, 2.24) is 9.88 Å². The van der Waals surface area contributed by atoms with Gasteiger partial charge >= 0.3 is 0 Å². The lowest BCUT2D eigenvalue weighted by atomic mass is 9.95. The minimum Gasteiger partial charge on any atom is -0.334 e. The van der Waals surface area contributed by atoms with Crippen molar-refractivity contribution in [3.8, 4) is 0 Å². The fourth-order valence-electron chi connectivity index (χ4n) is 3.25. The summed E-state index contributed by atoms with van der Waals surface area (Å²) in [5.74, 6) is -0.238. The number of likely N-dealkylation sites (tertiary alicyclic amines) is 1. The molecule has 2 heterocycles. The molecule has 2 atom stereocenters. The van der Waals surface area contributed by atoms with E-state index in [1.165, 1.54) is 24.5 Å². The molecule has 1 aliphatic rings. The highest BCUT2D eigenvalue weighted by Gasteiger charge is 2.29. The second kappa shape index (κ2) is 5.80. The molecule has 2 unspecified atom stereocenters. The molecule has 1 saturated heterocycles. The van der Waals surface area contributed by atoms with Gasteiger partial charge in [-0.15, -0.1) is 0 Å². The molecule has 0 aliphatic carbocycles. The molecule has 1 aliphatic heterocycles. The number of aromatic amines is 1. The number of nitrogens with one attached hydrogen (secondary N) is 1. The molecular formula is C17H21FN2. The third-order valence-electron chi connectivity index (χ3n) is 4.36. The Labute approximate surface area is 119 Å². The first-order valence-corrected chi connectivity index (χ1v) is 7.41. The lowest BCUT2D eigenvalue weighted by Crippen LogP contribution is -2.35. The molecular weight excluding hydrogens is 251 g/mol. The van der Waals surface area contributed by atoms with Crippen molar-refractivity contribution in [2.75, 3.05) is 6.54 Å². The van der Waals surface area contributed by atoms with E-state index in [9.17, 15) is 4.39 Å². The summed E-state index contributed by atoms with van der Waals surface area (Å²) in [7, 11) is 0. The van der Waals surface area contributed by atoms with E-state index in [-0.39, 0.29) is 5.95 Å². The van der Waals surface area contributed by atoms with Gasteiger partial charge < -0.3 is 4.98 Å². The van der Waals surface area contributed by atoms with Crippen molar-refractivity contribution >= 4 is 0 Å². The first-order valence-electron chi connectivity index (χ1n) is 7.41. The van der Waals surface area contributed by atoms with Gasteiger partial charge in [-0.25, -0.2) is 0 Å². The zero-order valence-electron chi connectivity index (χ0n) is 11.8. The van der Waals surface area contributed by atoms with Crippen molar-refractivity contribution in [2.24, 2.45) is 0 Å². The molecule has 3 rings (SSSR count). The quantitative estimate of drug-likeness (QED) is 0.875. The average molecular weight is 272 g/mol. The van der Waals surface area contributed by atoms with Gasteiger partial charge in [-0.1, -0.05) is 36.8 Å². The van der Waals surface area contributed by atoms with Crippen molar-refractivity contribution in [3.63, 3.8) is 0 Å². The number of hydrogen-bond donors (Lipinski definition) is 1. The van der Waals surface area contributed by atoms with Crippen LogP contribution >= 0.6 is 0 Å². The summed E-state index contributed by atoms with van der Waals surface area (Å²) in [5.41, 5.74) is 2.33. The molecule has 1 N–H and O–H groups in total. The van der Waals surface area contributed by atoms with Crippen molar-refractivity contribution in [3.05, 3.63) is 59.7 Å². The predicted molar refractivity (Wildman–Crippen MR) is 78.9 cm³/mol. The summed E-state index contributed by atoms with van der Waals surface area (Å²) in [6.45, 7) is 3.31. The van der Waals surface area contributed by atoms with E-state index >= 15 is 0 Å². The SMILES string of the molecule is CC(c1ccccc1)N1CCCCC1c1ccc(F)[nH]1. The minimum atomic E-state index is -0.238. The van der Waals surface area contributed by atoms with Crippen LogP contribution in [-0.2, 0) is 0 Å². The van der Waals surface area contributed by atoms with Gasteiger partial charge in [0.2, 0.25) is 0 Å². The first-order chi connectivity index (χ1) is 9.75. The molecule has 0 bridgehead atoms. The van der Waals surface area contributed by atoms with Crippen LogP contribution in [-0.4, -0.2) is 16.4 Å². The van der Waals surface area contributed by atoms with Crippen LogP contribution in [0.1, 0.15) is 49.5 Å². The van der Waals surface area contributed by atoms with Crippen LogP contribution in [0.3, 0.4) is 0 Å². The lowest BCUT2D eigenvalue weighted by molar-refractivity contribution is 0.100. The molecule has 3 heteroatoms. The van der Waals surface area contributed by atoms with Crippen LogP contribution in [0.25, 0.3) is 0 Å². The number of piperidine rings is 1. The molecule has 0 spiro atoms. The van der Waals surface area contributed by atoms with Gasteiger partial charge in [0.25, 0.3) is 0 Å². The van der Waals surface area contributed by atoms with Crippen molar-refractivity contribution < 1.29 is 4.39 Å². The molecule has 1 fully saturated rings. The normalized spacial score (nSPS) is 21.8. The second-order valence-corrected chi connectivity index (χ2v) is 5.60. The summed E-state index contributed by atoms with van der Waals surface area (Å²) in [5, 5.41) is 0. The van der Waals surface area contributed by atoms with Crippen LogP contribution in [0.4, 0.5) is 4.39 Å². The maximum atomic E-state index is 13.3. The maximum Gasteiger partial charge on any atom is 0.191 e. The van der Waals surface area contributed by atoms with Crippen LogP contribution in [0.5, 0.6) is 0 Å². The van der Waals surface area contributed by atoms with Crippen LogP contribution in [0, 0.1) is 5.95 Å². The largest absolute Gasteiger partial charge is 0.334 e. The number of benzene rings is 1. The van der Waals surface area contributed by atoms with Crippen molar-refractivity contribution in [1.29, 1.82) is 0 Å². The van der Waals surface area contributed by atoms with Gasteiger partial charge in [0.15, 0.2) is 5.95 Å². The monoisotopic (exact) mass is 272 g/mol. The van der Waals surface area contributed by atoms with E-state index in [0.717, 1.165) is 18.7 Å². The zero-order chi connectivity index (χ0) is 13.9. The molecule has 2 nitrogen and oxygen atoms in total. The van der Waals surface area contributed by atoms with E-state index in [1.807, 2.05) is 12.1 Å². The third kappa shape index (κ3) is 2.63. The smallest absolute Gasteiger partial charge is 0.191 e. The Bertz CT molecular complexity index is 549. The lowest BCUT2D eigenvalue weighted by Gasteiger charge is -2.39. The highest BCUT2D eigenvalue weighted by Crippen LogP contribution is 2.36. The van der Waals surface area contributed by atoms with Gasteiger partial charge in [0.1, 0.15) is 0 Å². The van der Waals surface area contributed by atoms with Crippen LogP contribution in [0.15, 0.2) is 42.5 Å². The number of aromatic nitrogens is 1. The van der Waals surface area contributed by atoms with E-state index in [1.54, 1.807) is 0 Å². The Hall–Kier alpha value is -1.61. The van der Waals surface area contributed by atoms with Crippen molar-refractivity contribution in [2.45, 2.75) is 38.3 Å². The molecule has 0 saturated carbocycles. The topological polar surface area (TPSA) is 19.0 Å². The number of hydrogen-bond acceptors (Lipinski definition) is 1. The van der Waals surface area contributed by atoms with E-state index in [2.05, 4.69) is 41.1 Å². The fraction of sp³-hybridized carbons (Fsp3) is 0.412. The molecule has 106 valence electrons. The first kappa shape index (κ1) is 13.4. The van der Waals surface area contributed by atoms with Gasteiger partial charge in [0.05, 0.1) is 6.04 Å². The molecule has 1 aromatic heterocycles. The number of rotatable bonds is 3. The molecule has 0 amide bonds. The molecule has 2 aromatic rings. The Morgan fingerprint density at radius 3 is 2.65 bits per heavy atom. The molecule has 0 radical (unpaired) electrons. The van der Waals surface area contributed by atoms with Crippen LogP contribution in [0.2, 0.25) is 0 Å². The highest BCUT2D eigenvalue weighted by atomic mass is 19.1. The summed E-state index contributed by atoms with van der Waals surface area (Å²) >= 11 is 0. The average Bonchev–Trinajstić information content (AvgIpc) is 2.94. The molecule has 20 heavy (non-hydrogen) atoms. The zero-order valence-corrected chi connectivity index (χ0v) is 11.8. The minimum absolute atomic E-state index is 0.238. The van der Waals surface area contributed by atoms with Gasteiger partial charge in [0, 0.05) is 11.7 Å². The van der Waals surface area contributed by atoms with E-state index in [0.29, 0.717) is 12.1 Å². The summed E-state index contributed by atoms with van der Waals surface area (Å²) in [6.07, 6.45) is 3.53. The van der Waals surface area contributed by atoms with Gasteiger partial charge in [-0.3, -0.25) is 4.90 Å².